The van der Waals surface area contributed by atoms with Crippen molar-refractivity contribution in [3.63, 3.8) is 0 Å². The molecule has 3 rings (SSSR count). The third-order valence-electron chi connectivity index (χ3n) is 6.03. The van der Waals surface area contributed by atoms with Gasteiger partial charge in [-0.15, -0.1) is 0 Å². The van der Waals surface area contributed by atoms with E-state index in [-0.39, 0.29) is 25.2 Å². The number of H-pyrrole nitrogens is 1. The number of nitrogens with two attached hydrogens (primary N) is 2. The van der Waals surface area contributed by atoms with Gasteiger partial charge >= 0.3 is 12.1 Å². The molecule has 0 fully saturated rings. The van der Waals surface area contributed by atoms with Crippen LogP contribution in [0, 0.1) is 5.41 Å². The first-order valence-corrected chi connectivity index (χ1v) is 11.8. The number of aromatic amines is 1. The van der Waals surface area contributed by atoms with Crippen molar-refractivity contribution < 1.29 is 29.0 Å². The van der Waals surface area contributed by atoms with E-state index in [1.807, 2.05) is 0 Å². The lowest BCUT2D eigenvalue weighted by Crippen LogP contribution is -2.61. The Balaban J connectivity index is 1.75. The maximum Gasteiger partial charge on any atom is 0.407 e. The van der Waals surface area contributed by atoms with E-state index < -0.39 is 42.4 Å². The lowest BCUT2D eigenvalue weighted by atomic mass is 9.84. The predicted octanol–water partition coefficient (Wildman–Crippen LogP) is 0.364. The van der Waals surface area contributed by atoms with Crippen molar-refractivity contribution in [2.75, 3.05) is 19.4 Å². The van der Waals surface area contributed by atoms with Gasteiger partial charge in [0.1, 0.15) is 11.4 Å². The van der Waals surface area contributed by atoms with Crippen molar-refractivity contribution in [2.45, 2.75) is 31.3 Å². The SMILES string of the molecule is COC(=O)NC(CCC(=O)O)(Cc1cccc(C(=N)N)c1)C(=O)NCC(=O)NCc1ccc2[nH]nc(N)c2c1. The number of nitrogens with one attached hydrogen (secondary N) is 5. The Bertz CT molecular complexity index is 1400. The average Bonchev–Trinajstić information content (AvgIpc) is 3.28. The van der Waals surface area contributed by atoms with Crippen LogP contribution in [0.15, 0.2) is 42.5 Å². The highest BCUT2D eigenvalue weighted by Gasteiger charge is 2.41. The Morgan fingerprint density at radius 2 is 1.90 bits per heavy atom. The number of carboxylic acid groups (broad SMARTS) is 1. The molecule has 14 nitrogen and oxygen atoms in total. The van der Waals surface area contributed by atoms with Gasteiger partial charge in [0.15, 0.2) is 5.82 Å². The van der Waals surface area contributed by atoms with E-state index in [4.69, 9.17) is 16.9 Å². The molecule has 3 aromatic rings. The van der Waals surface area contributed by atoms with Crippen molar-refractivity contribution in [3.8, 4) is 0 Å². The zero-order valence-electron chi connectivity index (χ0n) is 21.2. The number of anilines is 1. The van der Waals surface area contributed by atoms with E-state index in [9.17, 15) is 24.3 Å². The summed E-state index contributed by atoms with van der Waals surface area (Å²) >= 11 is 0. The van der Waals surface area contributed by atoms with E-state index in [0.717, 1.165) is 18.2 Å². The van der Waals surface area contributed by atoms with Crippen LogP contribution in [0.1, 0.15) is 29.5 Å². The Morgan fingerprint density at radius 1 is 1.13 bits per heavy atom. The smallest absolute Gasteiger partial charge is 0.407 e. The number of amides is 3. The highest BCUT2D eigenvalue weighted by Crippen LogP contribution is 2.22. The number of rotatable bonds is 12. The molecule has 0 saturated heterocycles. The third-order valence-corrected chi connectivity index (χ3v) is 6.03. The molecule has 1 heterocycles. The van der Waals surface area contributed by atoms with Gasteiger partial charge < -0.3 is 37.3 Å². The van der Waals surface area contributed by atoms with Crippen molar-refractivity contribution >= 4 is 46.4 Å². The molecule has 2 aromatic carbocycles. The minimum atomic E-state index is -1.79. The monoisotopic (exact) mass is 538 g/mol. The summed E-state index contributed by atoms with van der Waals surface area (Å²) in [5.74, 6) is -2.37. The van der Waals surface area contributed by atoms with Crippen LogP contribution in [0.3, 0.4) is 0 Å². The molecular weight excluding hydrogens is 508 g/mol. The van der Waals surface area contributed by atoms with Crippen LogP contribution in [0.4, 0.5) is 10.6 Å². The Kier molecular flexibility index (Phi) is 9.04. The van der Waals surface area contributed by atoms with Gasteiger partial charge in [0.2, 0.25) is 11.8 Å². The van der Waals surface area contributed by atoms with Crippen molar-refractivity contribution in [1.82, 2.24) is 26.1 Å². The molecule has 0 aliphatic carbocycles. The largest absolute Gasteiger partial charge is 0.481 e. The lowest BCUT2D eigenvalue weighted by molar-refractivity contribution is -0.138. The fourth-order valence-electron chi connectivity index (χ4n) is 3.99. The van der Waals surface area contributed by atoms with Crippen molar-refractivity contribution in [1.29, 1.82) is 5.41 Å². The van der Waals surface area contributed by atoms with E-state index in [0.29, 0.717) is 22.3 Å². The number of benzene rings is 2. The maximum absolute atomic E-state index is 13.4. The molecule has 0 aliphatic rings. The van der Waals surface area contributed by atoms with Crippen molar-refractivity contribution in [2.24, 2.45) is 5.73 Å². The number of ether oxygens (including phenoxy) is 1. The summed E-state index contributed by atoms with van der Waals surface area (Å²) in [6.07, 6.45) is -1.89. The van der Waals surface area contributed by atoms with Crippen molar-refractivity contribution in [3.05, 3.63) is 59.2 Å². The second kappa shape index (κ2) is 12.4. The van der Waals surface area contributed by atoms with Crippen LogP contribution in [0.2, 0.25) is 0 Å². The number of hydrogen-bond donors (Lipinski definition) is 8. The first kappa shape index (κ1) is 28.4. The number of nitrogen functional groups attached to an aromatic ring is 2. The zero-order valence-corrected chi connectivity index (χ0v) is 21.2. The molecule has 1 atom stereocenters. The number of carbonyl (C=O) groups is 4. The Labute approximate surface area is 223 Å². The number of alkyl carbamates (subject to hydrolysis) is 1. The predicted molar refractivity (Wildman–Crippen MR) is 142 cm³/mol. The number of nitrogens with zero attached hydrogens (tertiary/aromatic N) is 1. The molecule has 14 heteroatoms. The van der Waals surface area contributed by atoms with Crippen LogP contribution in [-0.2, 0) is 32.1 Å². The molecule has 1 unspecified atom stereocenters. The van der Waals surface area contributed by atoms with Gasteiger partial charge in [-0.2, -0.15) is 5.10 Å². The number of methoxy groups -OCH3 is 1. The van der Waals surface area contributed by atoms with Gasteiger partial charge in [-0.3, -0.25) is 24.9 Å². The zero-order chi connectivity index (χ0) is 28.6. The molecule has 206 valence electrons. The molecule has 3 amide bonds. The van der Waals surface area contributed by atoms with Gasteiger partial charge in [-0.25, -0.2) is 4.79 Å². The Morgan fingerprint density at radius 3 is 2.59 bits per heavy atom. The van der Waals surface area contributed by atoms with Gasteiger partial charge in [0.25, 0.3) is 0 Å². The molecular formula is C25H30N8O6. The van der Waals surface area contributed by atoms with Gasteiger partial charge in [0, 0.05) is 30.3 Å². The molecule has 0 bridgehead atoms. The number of aromatic nitrogens is 2. The quantitative estimate of drug-likeness (QED) is 0.117. The number of aliphatic carboxylic acids is 1. The molecule has 0 spiro atoms. The maximum atomic E-state index is 13.4. The lowest BCUT2D eigenvalue weighted by Gasteiger charge is -2.33. The van der Waals surface area contributed by atoms with Crippen LogP contribution in [0.25, 0.3) is 10.9 Å². The summed E-state index contributed by atoms with van der Waals surface area (Å²) in [7, 11) is 1.10. The minimum absolute atomic E-state index is 0.150. The molecule has 1 aromatic heterocycles. The summed E-state index contributed by atoms with van der Waals surface area (Å²) in [5.41, 5.74) is 12.0. The number of amidine groups is 1. The van der Waals surface area contributed by atoms with E-state index in [1.54, 1.807) is 42.5 Å². The summed E-state index contributed by atoms with van der Waals surface area (Å²) < 4.78 is 4.68. The molecule has 10 N–H and O–H groups in total. The highest BCUT2D eigenvalue weighted by atomic mass is 16.5. The topological polar surface area (TPSA) is 238 Å². The van der Waals surface area contributed by atoms with Gasteiger partial charge in [0.05, 0.1) is 19.2 Å². The van der Waals surface area contributed by atoms with Gasteiger partial charge in [-0.1, -0.05) is 24.3 Å². The van der Waals surface area contributed by atoms with Gasteiger partial charge in [-0.05, 0) is 35.7 Å². The first-order valence-electron chi connectivity index (χ1n) is 11.8. The van der Waals surface area contributed by atoms with E-state index in [2.05, 4.69) is 30.9 Å². The fourth-order valence-corrected chi connectivity index (χ4v) is 3.99. The summed E-state index contributed by atoms with van der Waals surface area (Å²) in [5, 5.41) is 32.0. The number of carboxylic acids is 1. The second-order valence-corrected chi connectivity index (χ2v) is 8.83. The average molecular weight is 539 g/mol. The second-order valence-electron chi connectivity index (χ2n) is 8.83. The minimum Gasteiger partial charge on any atom is -0.481 e. The summed E-state index contributed by atoms with van der Waals surface area (Å²) in [4.78, 5) is 49.6. The van der Waals surface area contributed by atoms with Crippen LogP contribution < -0.4 is 27.4 Å². The highest BCUT2D eigenvalue weighted by molar-refractivity contribution is 5.96. The molecule has 0 saturated carbocycles. The summed E-state index contributed by atoms with van der Waals surface area (Å²) in [6, 6.07) is 11.8. The standard InChI is InChI=1S/C25H30N8O6/c1-39-24(38)31-25(8-7-20(35)36,11-14-3-2-4-16(9-14)21(26)27)23(37)30-13-19(34)29-12-15-5-6-18-17(10-15)22(28)33-32-18/h2-6,9-10H,7-8,11-13H2,1H3,(H3,26,27)(H,29,34)(H,30,37)(H,31,38)(H,35,36)(H3,28,32,33). The van der Waals surface area contributed by atoms with Crippen LogP contribution >= 0.6 is 0 Å². The van der Waals surface area contributed by atoms with E-state index in [1.165, 1.54) is 0 Å². The fraction of sp³-hybridized carbons (Fsp3) is 0.280. The first-order chi connectivity index (χ1) is 18.5. The molecule has 0 aliphatic heterocycles. The Hall–Kier alpha value is -5.14. The normalized spacial score (nSPS) is 12.2. The van der Waals surface area contributed by atoms with Crippen LogP contribution in [0.5, 0.6) is 0 Å². The summed E-state index contributed by atoms with van der Waals surface area (Å²) in [6.45, 7) is -0.294. The molecule has 0 radical (unpaired) electrons. The van der Waals surface area contributed by atoms with E-state index >= 15 is 0 Å². The van der Waals surface area contributed by atoms with Crippen LogP contribution in [-0.4, -0.2) is 64.2 Å². The number of hydrogen-bond acceptors (Lipinski definition) is 8. The number of fused-ring (bicyclic) bond motifs is 1. The molecule has 39 heavy (non-hydrogen) atoms. The third kappa shape index (κ3) is 7.44. The number of carbonyl (C=O) groups excluding carboxylic acids is 3.